The van der Waals surface area contributed by atoms with E-state index in [4.69, 9.17) is 5.73 Å². The molecule has 3 aromatic heterocycles. The van der Waals surface area contributed by atoms with Crippen LogP contribution in [0.3, 0.4) is 0 Å². The van der Waals surface area contributed by atoms with Crippen molar-refractivity contribution in [2.24, 2.45) is 29.6 Å². The summed E-state index contributed by atoms with van der Waals surface area (Å²) in [6.45, 7) is 6.56. The second-order valence-corrected chi connectivity index (χ2v) is 16.9. The Hall–Kier alpha value is -3.40. The molecule has 3 aromatic rings. The van der Waals surface area contributed by atoms with Gasteiger partial charge >= 0.3 is 5.97 Å². The van der Waals surface area contributed by atoms with Crippen molar-refractivity contribution in [1.29, 1.82) is 0 Å². The van der Waals surface area contributed by atoms with Crippen molar-refractivity contribution >= 4 is 11.8 Å². The van der Waals surface area contributed by atoms with Crippen LogP contribution in [-0.4, -0.2) is 59.2 Å². The van der Waals surface area contributed by atoms with E-state index in [-0.39, 0.29) is 36.2 Å². The zero-order valence-electron chi connectivity index (χ0n) is 33.1. The quantitative estimate of drug-likeness (QED) is 0.0400. The Labute approximate surface area is 323 Å². The molecule has 0 spiro atoms. The molecule has 9 heteroatoms. The summed E-state index contributed by atoms with van der Waals surface area (Å²) >= 11 is 0. The molecule has 9 unspecified atom stereocenters. The van der Waals surface area contributed by atoms with E-state index in [1.165, 1.54) is 36.1 Å². The summed E-state index contributed by atoms with van der Waals surface area (Å²) in [7, 11) is 0. The fourth-order valence-corrected chi connectivity index (χ4v) is 9.41. The van der Waals surface area contributed by atoms with Crippen LogP contribution in [0, 0.1) is 29.6 Å². The maximum absolute atomic E-state index is 12.4. The fourth-order valence-electron chi connectivity index (χ4n) is 9.41. The molecule has 8 N–H and O–H groups in total. The Morgan fingerprint density at radius 2 is 1.70 bits per heavy atom. The minimum absolute atomic E-state index is 0.0475. The number of aromatic amines is 2. The first-order valence-corrected chi connectivity index (χ1v) is 21.0. The SMILES string of the molecule is CCCCCC1C=CC(CCCCCC(C(=O)O)C(O)CCC2(O)CC(Cc3ccnc(N)c3)CC2Cc2cc(C(C)c3c[nH]c(CC)c3)c[nH]2)C(O)C1. The zero-order chi connectivity index (χ0) is 38.7. The summed E-state index contributed by atoms with van der Waals surface area (Å²) in [5.74, 6) is -0.323. The number of nitrogens with one attached hydrogen (secondary N) is 2. The molecule has 2 aliphatic carbocycles. The molecule has 1 fully saturated rings. The summed E-state index contributed by atoms with van der Waals surface area (Å²) in [4.78, 5) is 23.4. The summed E-state index contributed by atoms with van der Waals surface area (Å²) < 4.78 is 0. The summed E-state index contributed by atoms with van der Waals surface area (Å²) in [5.41, 5.74) is 10.8. The Morgan fingerprint density at radius 1 is 0.963 bits per heavy atom. The maximum Gasteiger partial charge on any atom is 0.309 e. The molecule has 3 heterocycles. The van der Waals surface area contributed by atoms with E-state index >= 15 is 0 Å². The lowest BCUT2D eigenvalue weighted by molar-refractivity contribution is -0.146. The second kappa shape index (κ2) is 20.0. The van der Waals surface area contributed by atoms with E-state index in [1.807, 2.05) is 12.1 Å². The van der Waals surface area contributed by atoms with Gasteiger partial charge in [-0.1, -0.05) is 71.4 Å². The number of aliphatic hydroxyl groups excluding tert-OH is 2. The van der Waals surface area contributed by atoms with E-state index < -0.39 is 23.6 Å². The van der Waals surface area contributed by atoms with Crippen LogP contribution >= 0.6 is 0 Å². The van der Waals surface area contributed by atoms with Crippen molar-refractivity contribution in [3.63, 3.8) is 0 Å². The molecule has 9 nitrogen and oxygen atoms in total. The van der Waals surface area contributed by atoms with Crippen LogP contribution in [0.2, 0.25) is 0 Å². The average molecular weight is 745 g/mol. The number of anilines is 1. The fraction of sp³-hybridized carbons (Fsp3) is 0.644. The summed E-state index contributed by atoms with van der Waals surface area (Å²) in [6.07, 6.45) is 22.9. The predicted molar refractivity (Wildman–Crippen MR) is 216 cm³/mol. The molecule has 0 radical (unpaired) electrons. The lowest BCUT2D eigenvalue weighted by Gasteiger charge is -2.32. The van der Waals surface area contributed by atoms with Crippen molar-refractivity contribution < 1.29 is 25.2 Å². The molecular formula is C45H68N4O5. The normalized spacial score (nSPS) is 25.9. The van der Waals surface area contributed by atoms with Crippen molar-refractivity contribution in [2.45, 2.75) is 154 Å². The van der Waals surface area contributed by atoms with Gasteiger partial charge in [0.05, 0.1) is 23.7 Å². The van der Waals surface area contributed by atoms with Crippen LogP contribution in [0.25, 0.3) is 0 Å². The van der Waals surface area contributed by atoms with Crippen LogP contribution in [0.5, 0.6) is 0 Å². The van der Waals surface area contributed by atoms with Gasteiger partial charge in [-0.05, 0) is 129 Å². The van der Waals surface area contributed by atoms with Crippen molar-refractivity contribution in [3.05, 3.63) is 83.1 Å². The summed E-state index contributed by atoms with van der Waals surface area (Å²) in [6, 6.07) is 8.32. The molecule has 54 heavy (non-hydrogen) atoms. The Bertz CT molecular complexity index is 1620. The van der Waals surface area contributed by atoms with E-state index in [1.54, 1.807) is 6.20 Å². The van der Waals surface area contributed by atoms with Crippen LogP contribution < -0.4 is 5.73 Å². The van der Waals surface area contributed by atoms with E-state index in [0.717, 1.165) is 62.6 Å². The van der Waals surface area contributed by atoms with Gasteiger partial charge in [0.1, 0.15) is 5.82 Å². The highest BCUT2D eigenvalue weighted by Crippen LogP contribution is 2.46. The number of H-pyrrole nitrogens is 2. The third-order valence-corrected chi connectivity index (χ3v) is 12.8. The monoisotopic (exact) mass is 745 g/mol. The largest absolute Gasteiger partial charge is 0.481 e. The number of nitrogens with two attached hydrogens (primary N) is 1. The number of aryl methyl sites for hydroxylation is 1. The van der Waals surface area contributed by atoms with Gasteiger partial charge in [-0.2, -0.15) is 0 Å². The average Bonchev–Trinajstić information content (AvgIpc) is 3.89. The number of carbonyl (C=O) groups is 1. The first-order valence-electron chi connectivity index (χ1n) is 21.0. The van der Waals surface area contributed by atoms with Gasteiger partial charge < -0.3 is 36.1 Å². The molecular weight excluding hydrogens is 677 g/mol. The topological polar surface area (TPSA) is 168 Å². The van der Waals surface area contributed by atoms with Crippen molar-refractivity contribution in [2.75, 3.05) is 5.73 Å². The predicted octanol–water partition coefficient (Wildman–Crippen LogP) is 8.50. The highest BCUT2D eigenvalue weighted by molar-refractivity contribution is 5.70. The maximum atomic E-state index is 12.4. The summed E-state index contributed by atoms with van der Waals surface area (Å²) in [5, 5.41) is 44.5. The van der Waals surface area contributed by atoms with Crippen LogP contribution in [0.4, 0.5) is 5.82 Å². The third-order valence-electron chi connectivity index (χ3n) is 12.8. The van der Waals surface area contributed by atoms with Gasteiger partial charge in [-0.3, -0.25) is 4.79 Å². The molecule has 9 atom stereocenters. The first kappa shape index (κ1) is 41.8. The first-order chi connectivity index (χ1) is 26.0. The standard InChI is InChI=1S/C45H68N4O5/c1-4-6-8-11-31-14-15-34(42(51)22-31)12-9-7-10-13-40(44(52)53)41(50)16-18-45(54)27-33(20-32-17-19-47-43(46)23-32)21-37(45)26-39-25-36(29-49-39)30(3)35-24-38(5-2)48-28-35/h14-15,17,19,23-25,28-31,33-34,37,40-42,48-51,54H,4-13,16,18,20-22,26-27H2,1-3H3,(H2,46,47)(H,52,53). The lowest BCUT2D eigenvalue weighted by atomic mass is 9.80. The highest BCUT2D eigenvalue weighted by atomic mass is 16.4. The number of carboxylic acid groups (broad SMARTS) is 1. The Balaban J connectivity index is 1.16. The number of hydrogen-bond acceptors (Lipinski definition) is 6. The number of nitrogen functional groups attached to an aromatic ring is 1. The molecule has 0 amide bonds. The van der Waals surface area contributed by atoms with Gasteiger partial charge in [-0.15, -0.1) is 0 Å². The van der Waals surface area contributed by atoms with Gasteiger partial charge in [0.15, 0.2) is 0 Å². The molecule has 0 aliphatic heterocycles. The minimum atomic E-state index is -1.04. The van der Waals surface area contributed by atoms with Crippen molar-refractivity contribution in [3.8, 4) is 0 Å². The molecule has 5 rings (SSSR count). The molecule has 298 valence electrons. The zero-order valence-corrected chi connectivity index (χ0v) is 33.1. The minimum Gasteiger partial charge on any atom is -0.481 e. The molecule has 1 saturated carbocycles. The number of aromatic nitrogens is 3. The number of rotatable bonds is 22. The Morgan fingerprint density at radius 3 is 2.39 bits per heavy atom. The van der Waals surface area contributed by atoms with E-state index in [9.17, 15) is 25.2 Å². The van der Waals surface area contributed by atoms with Crippen LogP contribution in [0.15, 0.2) is 55.0 Å². The molecule has 0 bridgehead atoms. The van der Waals surface area contributed by atoms with Gasteiger partial charge in [0.2, 0.25) is 0 Å². The van der Waals surface area contributed by atoms with E-state index in [2.05, 4.69) is 72.4 Å². The number of nitrogens with zero attached hydrogens (tertiary/aromatic N) is 1. The number of unbranched alkanes of at least 4 members (excludes halogenated alkanes) is 4. The highest BCUT2D eigenvalue weighted by Gasteiger charge is 2.46. The number of aliphatic hydroxyl groups is 3. The number of pyridine rings is 1. The second-order valence-electron chi connectivity index (χ2n) is 16.9. The van der Waals surface area contributed by atoms with Gasteiger partial charge in [0, 0.05) is 41.8 Å². The van der Waals surface area contributed by atoms with Crippen LogP contribution in [-0.2, 0) is 24.1 Å². The van der Waals surface area contributed by atoms with Gasteiger partial charge in [0.25, 0.3) is 0 Å². The smallest absolute Gasteiger partial charge is 0.309 e. The number of aliphatic carboxylic acids is 1. The Kier molecular flexibility index (Phi) is 15.4. The number of allylic oxidation sites excluding steroid dienone is 1. The lowest BCUT2D eigenvalue weighted by Crippen LogP contribution is -2.37. The van der Waals surface area contributed by atoms with E-state index in [0.29, 0.717) is 43.8 Å². The number of hydrogen-bond donors (Lipinski definition) is 7. The van der Waals surface area contributed by atoms with Crippen molar-refractivity contribution in [1.82, 2.24) is 15.0 Å². The molecule has 0 saturated heterocycles. The third kappa shape index (κ3) is 11.6. The van der Waals surface area contributed by atoms with Crippen LogP contribution in [0.1, 0.15) is 145 Å². The molecule has 2 aliphatic rings. The number of carboxylic acids is 1. The molecule has 0 aromatic carbocycles. The van der Waals surface area contributed by atoms with Gasteiger partial charge in [-0.25, -0.2) is 4.98 Å².